The zero-order valence-corrected chi connectivity index (χ0v) is 14.8. The van der Waals surface area contributed by atoms with E-state index in [1.54, 1.807) is 30.6 Å². The highest BCUT2D eigenvalue weighted by Gasteiger charge is 2.21. The van der Waals surface area contributed by atoms with Crippen molar-refractivity contribution in [2.24, 2.45) is 0 Å². The lowest BCUT2D eigenvalue weighted by molar-refractivity contribution is 0.0589. The number of amides is 1. The molecule has 0 unspecified atom stereocenters. The molecule has 0 N–H and O–H groups in total. The summed E-state index contributed by atoms with van der Waals surface area (Å²) in [6.07, 6.45) is 4.12. The molecular weight excluding hydrogens is 322 g/mol. The number of anilines is 1. The predicted octanol–water partition coefficient (Wildman–Crippen LogP) is 4.53. The van der Waals surface area contributed by atoms with E-state index in [1.165, 1.54) is 4.90 Å². The molecular formula is C18H18N3O2S. The van der Waals surface area contributed by atoms with Crippen LogP contribution in [0.2, 0.25) is 0 Å². The average molecular weight is 340 g/mol. The van der Waals surface area contributed by atoms with E-state index < -0.39 is 5.60 Å². The van der Waals surface area contributed by atoms with Gasteiger partial charge >= 0.3 is 6.09 Å². The van der Waals surface area contributed by atoms with Crippen molar-refractivity contribution in [2.75, 3.05) is 11.9 Å². The van der Waals surface area contributed by atoms with E-state index in [9.17, 15) is 4.79 Å². The largest absolute Gasteiger partial charge is 0.443 e. The Morgan fingerprint density at radius 3 is 2.75 bits per heavy atom. The first kappa shape index (κ1) is 16.4. The maximum absolute atomic E-state index is 12.2. The second-order valence-corrected chi connectivity index (χ2v) is 7.42. The van der Waals surface area contributed by atoms with Crippen LogP contribution in [0.15, 0.2) is 36.5 Å². The van der Waals surface area contributed by atoms with Crippen molar-refractivity contribution in [1.82, 2.24) is 9.97 Å². The summed E-state index contributed by atoms with van der Waals surface area (Å²) >= 11 is 1.56. The normalized spacial score (nSPS) is 11.5. The first-order valence-corrected chi connectivity index (χ1v) is 8.35. The lowest BCUT2D eigenvalue weighted by atomic mass is 10.2. The maximum atomic E-state index is 12.2. The van der Waals surface area contributed by atoms with Gasteiger partial charge < -0.3 is 4.74 Å². The lowest BCUT2D eigenvalue weighted by Gasteiger charge is -2.24. The highest BCUT2D eigenvalue weighted by Crippen LogP contribution is 2.32. The van der Waals surface area contributed by atoms with Crippen LogP contribution in [0, 0.1) is 6.20 Å². The van der Waals surface area contributed by atoms with E-state index in [0.29, 0.717) is 0 Å². The van der Waals surface area contributed by atoms with Crippen molar-refractivity contribution in [1.29, 1.82) is 0 Å². The summed E-state index contributed by atoms with van der Waals surface area (Å²) in [5.41, 5.74) is 2.09. The molecule has 1 aromatic carbocycles. The molecule has 0 bridgehead atoms. The zero-order chi connectivity index (χ0) is 17.3. The van der Waals surface area contributed by atoms with Gasteiger partial charge in [0.1, 0.15) is 10.6 Å². The number of nitrogens with zero attached hydrogens (tertiary/aromatic N) is 3. The Bertz CT molecular complexity index is 869. The molecule has 0 aliphatic rings. The standard InChI is InChI=1S/C18H18N3O2S/c1-18(2,3)23-17(22)21(4)13-7-8-14-15(10-13)24-16(20-14)12-6-5-9-19-11-12/h5-8,10-11H,1-4H3. The summed E-state index contributed by atoms with van der Waals surface area (Å²) in [5.74, 6) is 0. The first-order valence-electron chi connectivity index (χ1n) is 7.53. The minimum absolute atomic E-state index is 0.380. The summed E-state index contributed by atoms with van der Waals surface area (Å²) in [4.78, 5) is 22.3. The van der Waals surface area contributed by atoms with E-state index in [0.717, 1.165) is 26.5 Å². The number of ether oxygens (including phenoxy) is 1. The van der Waals surface area contributed by atoms with Crippen molar-refractivity contribution in [3.05, 3.63) is 42.7 Å². The Kier molecular flexibility index (Phi) is 4.24. The highest BCUT2D eigenvalue weighted by molar-refractivity contribution is 7.21. The first-order chi connectivity index (χ1) is 11.3. The van der Waals surface area contributed by atoms with Crippen molar-refractivity contribution < 1.29 is 9.53 Å². The minimum atomic E-state index is -0.523. The van der Waals surface area contributed by atoms with Gasteiger partial charge in [-0.25, -0.2) is 9.78 Å². The van der Waals surface area contributed by atoms with Gasteiger partial charge in [-0.15, -0.1) is 11.3 Å². The molecule has 5 nitrogen and oxygen atoms in total. The number of benzene rings is 1. The molecule has 0 atom stereocenters. The molecule has 0 fully saturated rings. The van der Waals surface area contributed by atoms with Crippen LogP contribution in [0.25, 0.3) is 20.8 Å². The van der Waals surface area contributed by atoms with Gasteiger partial charge in [-0.05, 0) is 51.1 Å². The Labute approximate surface area is 144 Å². The van der Waals surface area contributed by atoms with E-state index in [4.69, 9.17) is 4.74 Å². The summed E-state index contributed by atoms with van der Waals surface area (Å²) in [7, 11) is 1.70. The molecule has 0 saturated heterocycles. The number of hydrogen-bond donors (Lipinski definition) is 0. The molecule has 6 heteroatoms. The fourth-order valence-electron chi connectivity index (χ4n) is 2.13. The van der Waals surface area contributed by atoms with Crippen LogP contribution in [0.5, 0.6) is 0 Å². The molecule has 1 radical (unpaired) electrons. The van der Waals surface area contributed by atoms with Crippen molar-refractivity contribution in [2.45, 2.75) is 26.4 Å². The van der Waals surface area contributed by atoms with Gasteiger partial charge in [0.15, 0.2) is 0 Å². The fourth-order valence-corrected chi connectivity index (χ4v) is 3.12. The molecule has 3 aromatic rings. The fraction of sp³-hybridized carbons (Fsp3) is 0.278. The second-order valence-electron chi connectivity index (χ2n) is 6.39. The number of aromatic nitrogens is 2. The van der Waals surface area contributed by atoms with Crippen LogP contribution < -0.4 is 4.90 Å². The molecule has 1 amide bonds. The van der Waals surface area contributed by atoms with Gasteiger partial charge in [-0.1, -0.05) is 0 Å². The number of carbonyl (C=O) groups excluding carboxylic acids is 1. The van der Waals surface area contributed by atoms with Gasteiger partial charge in [0.25, 0.3) is 0 Å². The number of fused-ring (bicyclic) bond motifs is 1. The lowest BCUT2D eigenvalue weighted by Crippen LogP contribution is -2.34. The second kappa shape index (κ2) is 6.20. The monoisotopic (exact) mass is 340 g/mol. The third kappa shape index (κ3) is 3.54. The van der Waals surface area contributed by atoms with Crippen LogP contribution in [0.3, 0.4) is 0 Å². The smallest absolute Gasteiger partial charge is 0.414 e. The van der Waals surface area contributed by atoms with E-state index in [1.807, 2.05) is 45.0 Å². The number of carbonyl (C=O) groups is 1. The molecule has 0 aliphatic heterocycles. The van der Waals surface area contributed by atoms with Crippen LogP contribution in [-0.4, -0.2) is 28.7 Å². The highest BCUT2D eigenvalue weighted by atomic mass is 32.1. The Hall–Kier alpha value is -2.47. The molecule has 2 heterocycles. The van der Waals surface area contributed by atoms with Crippen LogP contribution in [0.4, 0.5) is 10.5 Å². The topological polar surface area (TPSA) is 55.3 Å². The quantitative estimate of drug-likeness (QED) is 0.688. The number of pyridine rings is 1. The number of hydrogen-bond acceptors (Lipinski definition) is 5. The summed E-state index contributed by atoms with van der Waals surface area (Å²) < 4.78 is 6.41. The average Bonchev–Trinajstić information content (AvgIpc) is 2.96. The number of thiazole rings is 1. The van der Waals surface area contributed by atoms with Crippen molar-refractivity contribution >= 4 is 33.3 Å². The molecule has 123 valence electrons. The third-order valence-electron chi connectivity index (χ3n) is 3.29. The molecule has 3 rings (SSSR count). The van der Waals surface area contributed by atoms with Crippen LogP contribution in [-0.2, 0) is 4.74 Å². The van der Waals surface area contributed by atoms with Gasteiger partial charge in [0.2, 0.25) is 0 Å². The SMILES string of the molecule is CN(C(=O)OC(C)(C)C)c1ccc2nc(-c3cc[c]nc3)sc2c1. The molecule has 0 saturated carbocycles. The predicted molar refractivity (Wildman–Crippen MR) is 96.3 cm³/mol. The van der Waals surface area contributed by atoms with E-state index in [2.05, 4.69) is 16.2 Å². The van der Waals surface area contributed by atoms with Crippen LogP contribution >= 0.6 is 11.3 Å². The van der Waals surface area contributed by atoms with Crippen LogP contribution in [0.1, 0.15) is 20.8 Å². The van der Waals surface area contributed by atoms with E-state index >= 15 is 0 Å². The maximum Gasteiger partial charge on any atom is 0.414 e. The van der Waals surface area contributed by atoms with Crippen molar-refractivity contribution in [3.8, 4) is 10.6 Å². The van der Waals surface area contributed by atoms with Gasteiger partial charge in [-0.2, -0.15) is 0 Å². The van der Waals surface area contributed by atoms with Gasteiger partial charge in [0.05, 0.1) is 16.4 Å². The molecule has 24 heavy (non-hydrogen) atoms. The minimum Gasteiger partial charge on any atom is -0.443 e. The Balaban J connectivity index is 1.90. The van der Waals surface area contributed by atoms with Crippen molar-refractivity contribution in [3.63, 3.8) is 0 Å². The molecule has 0 aliphatic carbocycles. The summed E-state index contributed by atoms with van der Waals surface area (Å²) in [6, 6.07) is 9.42. The Morgan fingerprint density at radius 1 is 1.29 bits per heavy atom. The molecule has 2 aromatic heterocycles. The summed E-state index contributed by atoms with van der Waals surface area (Å²) in [6.45, 7) is 5.55. The number of rotatable bonds is 2. The van der Waals surface area contributed by atoms with Gasteiger partial charge in [0, 0.05) is 24.5 Å². The third-order valence-corrected chi connectivity index (χ3v) is 4.36. The zero-order valence-electron chi connectivity index (χ0n) is 14.0. The Morgan fingerprint density at radius 2 is 2.08 bits per heavy atom. The molecule has 0 spiro atoms. The summed E-state index contributed by atoms with van der Waals surface area (Å²) in [5, 5.41) is 0.892. The van der Waals surface area contributed by atoms with Gasteiger partial charge in [-0.3, -0.25) is 9.88 Å². The van der Waals surface area contributed by atoms with E-state index in [-0.39, 0.29) is 6.09 Å².